The number of non-ortho nitro benzene ring substituents is 1. The predicted octanol–water partition coefficient (Wildman–Crippen LogP) is 5.45. The molecule has 1 aliphatic heterocycles. The molecule has 2 heterocycles. The van der Waals surface area contributed by atoms with Crippen molar-refractivity contribution >= 4 is 57.6 Å². The number of anilines is 1. The van der Waals surface area contributed by atoms with Gasteiger partial charge in [0, 0.05) is 24.5 Å². The number of hydrogen-bond acceptors (Lipinski definition) is 6. The van der Waals surface area contributed by atoms with Gasteiger partial charge >= 0.3 is 0 Å². The standard InChI is InChI=1S/C21H13ClN4O3S/c22-17-13-23-11-10-18(17)24-21-25(15-4-2-1-3-5-15)20(27)19(30-21)12-14-6-8-16(9-7-14)26(28)29/h1-13H/b19-12-,24-21?. The van der Waals surface area contributed by atoms with E-state index in [9.17, 15) is 14.9 Å². The summed E-state index contributed by atoms with van der Waals surface area (Å²) >= 11 is 7.39. The van der Waals surface area contributed by atoms with Gasteiger partial charge in [0.1, 0.15) is 0 Å². The number of benzene rings is 2. The molecule has 0 spiro atoms. The van der Waals surface area contributed by atoms with E-state index in [0.29, 0.717) is 32.0 Å². The maximum Gasteiger partial charge on any atom is 0.271 e. The average Bonchev–Trinajstić information content (AvgIpc) is 3.05. The Kier molecular flexibility index (Phi) is 5.60. The molecule has 9 heteroatoms. The highest BCUT2D eigenvalue weighted by atomic mass is 35.5. The Morgan fingerprint density at radius 3 is 2.50 bits per heavy atom. The van der Waals surface area contributed by atoms with E-state index in [1.54, 1.807) is 30.5 Å². The van der Waals surface area contributed by atoms with E-state index in [4.69, 9.17) is 11.6 Å². The molecule has 0 N–H and O–H groups in total. The van der Waals surface area contributed by atoms with Crippen LogP contribution in [0.15, 0.2) is 83.0 Å². The minimum absolute atomic E-state index is 0.0111. The number of nitro benzene ring substituents is 1. The Labute approximate surface area is 180 Å². The molecule has 0 aliphatic carbocycles. The summed E-state index contributed by atoms with van der Waals surface area (Å²) in [5.74, 6) is -0.242. The van der Waals surface area contributed by atoms with Crippen LogP contribution in [0.4, 0.5) is 17.1 Å². The highest BCUT2D eigenvalue weighted by Crippen LogP contribution is 2.38. The minimum Gasteiger partial charge on any atom is -0.268 e. The van der Waals surface area contributed by atoms with Crippen molar-refractivity contribution in [2.24, 2.45) is 4.99 Å². The van der Waals surface area contributed by atoms with Gasteiger partial charge in [-0.3, -0.25) is 24.8 Å². The van der Waals surface area contributed by atoms with Crippen LogP contribution in [-0.2, 0) is 4.79 Å². The van der Waals surface area contributed by atoms with Crippen LogP contribution in [0, 0.1) is 10.1 Å². The third kappa shape index (κ3) is 4.10. The van der Waals surface area contributed by atoms with Crippen LogP contribution >= 0.6 is 23.4 Å². The Morgan fingerprint density at radius 1 is 1.10 bits per heavy atom. The fraction of sp³-hybridized carbons (Fsp3) is 0. The number of amidine groups is 1. The molecule has 148 valence electrons. The number of nitrogens with zero attached hydrogens (tertiary/aromatic N) is 4. The number of para-hydroxylation sites is 1. The zero-order chi connectivity index (χ0) is 21.1. The van der Waals surface area contributed by atoms with E-state index in [1.807, 2.05) is 30.3 Å². The molecule has 30 heavy (non-hydrogen) atoms. The number of thioether (sulfide) groups is 1. The van der Waals surface area contributed by atoms with Crippen molar-refractivity contribution in [1.82, 2.24) is 4.98 Å². The second-order valence-electron chi connectivity index (χ2n) is 6.16. The SMILES string of the molecule is O=C1/C(=C/c2ccc([N+](=O)[O-])cc2)SC(=Nc2ccncc2Cl)N1c1ccccc1. The van der Waals surface area contributed by atoms with E-state index >= 15 is 0 Å². The van der Waals surface area contributed by atoms with Gasteiger partial charge < -0.3 is 0 Å². The second kappa shape index (κ2) is 8.48. The zero-order valence-electron chi connectivity index (χ0n) is 15.3. The van der Waals surface area contributed by atoms with Gasteiger partial charge in [-0.15, -0.1) is 0 Å². The molecule has 0 saturated carbocycles. The van der Waals surface area contributed by atoms with Crippen molar-refractivity contribution in [1.29, 1.82) is 0 Å². The zero-order valence-corrected chi connectivity index (χ0v) is 16.9. The van der Waals surface area contributed by atoms with Crippen LogP contribution in [-0.4, -0.2) is 21.0 Å². The minimum atomic E-state index is -0.466. The van der Waals surface area contributed by atoms with Crippen LogP contribution < -0.4 is 4.90 Å². The number of amides is 1. The number of aliphatic imine (C=N–C) groups is 1. The molecule has 2 aromatic carbocycles. The largest absolute Gasteiger partial charge is 0.271 e. The fourth-order valence-corrected chi connectivity index (χ4v) is 3.91. The van der Waals surface area contributed by atoms with Crippen molar-refractivity contribution in [2.75, 3.05) is 4.90 Å². The van der Waals surface area contributed by atoms with Gasteiger partial charge in [0.2, 0.25) is 0 Å². The number of hydrogen-bond donors (Lipinski definition) is 0. The fourth-order valence-electron chi connectivity index (χ4n) is 2.76. The van der Waals surface area contributed by atoms with Crippen molar-refractivity contribution in [3.8, 4) is 0 Å². The van der Waals surface area contributed by atoms with E-state index in [1.165, 1.54) is 35.0 Å². The number of carbonyl (C=O) groups is 1. The number of carbonyl (C=O) groups excluding carboxylic acids is 1. The van der Waals surface area contributed by atoms with Crippen molar-refractivity contribution < 1.29 is 9.72 Å². The lowest BCUT2D eigenvalue weighted by Crippen LogP contribution is -2.28. The van der Waals surface area contributed by atoms with Crippen LogP contribution in [0.25, 0.3) is 6.08 Å². The first-order valence-corrected chi connectivity index (χ1v) is 9.94. The van der Waals surface area contributed by atoms with E-state index in [-0.39, 0.29) is 11.6 Å². The summed E-state index contributed by atoms with van der Waals surface area (Å²) in [6.07, 6.45) is 4.75. The molecule has 3 aromatic rings. The Morgan fingerprint density at radius 2 is 1.83 bits per heavy atom. The summed E-state index contributed by atoms with van der Waals surface area (Å²) in [6, 6.07) is 16.8. The molecular weight excluding hydrogens is 424 g/mol. The molecule has 1 amide bonds. The Balaban J connectivity index is 1.75. The van der Waals surface area contributed by atoms with Crippen LogP contribution in [0.1, 0.15) is 5.56 Å². The summed E-state index contributed by atoms with van der Waals surface area (Å²) in [4.78, 5) is 34.0. The number of rotatable bonds is 4. The first-order valence-electron chi connectivity index (χ1n) is 8.74. The Bertz CT molecular complexity index is 1180. The van der Waals surface area contributed by atoms with Crippen molar-refractivity contribution in [2.45, 2.75) is 0 Å². The third-order valence-electron chi connectivity index (χ3n) is 4.19. The van der Waals surface area contributed by atoms with Crippen LogP contribution in [0.2, 0.25) is 5.02 Å². The topological polar surface area (TPSA) is 88.7 Å². The maximum absolute atomic E-state index is 13.2. The molecule has 7 nitrogen and oxygen atoms in total. The first kappa shape index (κ1) is 19.8. The summed E-state index contributed by atoms with van der Waals surface area (Å²) in [5.41, 5.74) is 1.83. The average molecular weight is 437 g/mol. The molecule has 0 atom stereocenters. The number of halogens is 1. The van der Waals surface area contributed by atoms with Crippen molar-refractivity contribution in [3.63, 3.8) is 0 Å². The monoisotopic (exact) mass is 436 g/mol. The molecule has 1 saturated heterocycles. The molecule has 1 fully saturated rings. The maximum atomic E-state index is 13.2. The molecule has 0 radical (unpaired) electrons. The van der Waals surface area contributed by atoms with Gasteiger partial charge in [-0.05, 0) is 53.7 Å². The summed E-state index contributed by atoms with van der Waals surface area (Å²) in [7, 11) is 0. The quantitative estimate of drug-likeness (QED) is 0.308. The smallest absolute Gasteiger partial charge is 0.268 e. The first-order chi connectivity index (χ1) is 14.5. The van der Waals surface area contributed by atoms with Gasteiger partial charge in [0.05, 0.1) is 26.2 Å². The molecule has 0 unspecified atom stereocenters. The van der Waals surface area contributed by atoms with Crippen LogP contribution in [0.5, 0.6) is 0 Å². The highest BCUT2D eigenvalue weighted by molar-refractivity contribution is 8.19. The van der Waals surface area contributed by atoms with E-state index in [2.05, 4.69) is 9.98 Å². The molecular formula is C21H13ClN4O3S. The predicted molar refractivity (Wildman–Crippen MR) is 119 cm³/mol. The number of aromatic nitrogens is 1. The second-order valence-corrected chi connectivity index (χ2v) is 7.57. The van der Waals surface area contributed by atoms with Gasteiger partial charge in [-0.25, -0.2) is 4.99 Å². The molecule has 0 bridgehead atoms. The van der Waals surface area contributed by atoms with Gasteiger partial charge in [0.15, 0.2) is 5.17 Å². The highest BCUT2D eigenvalue weighted by Gasteiger charge is 2.34. The van der Waals surface area contributed by atoms with Gasteiger partial charge in [0.25, 0.3) is 11.6 Å². The molecule has 4 rings (SSSR count). The van der Waals surface area contributed by atoms with E-state index < -0.39 is 4.92 Å². The Hall–Kier alpha value is -3.49. The summed E-state index contributed by atoms with van der Waals surface area (Å²) < 4.78 is 0. The summed E-state index contributed by atoms with van der Waals surface area (Å²) in [5, 5.41) is 11.7. The van der Waals surface area contributed by atoms with Crippen molar-refractivity contribution in [3.05, 3.63) is 98.7 Å². The lowest BCUT2D eigenvalue weighted by molar-refractivity contribution is -0.384. The van der Waals surface area contributed by atoms with Crippen LogP contribution in [0.3, 0.4) is 0 Å². The lowest BCUT2D eigenvalue weighted by atomic mass is 10.2. The number of nitro groups is 1. The summed E-state index contributed by atoms with van der Waals surface area (Å²) in [6.45, 7) is 0. The lowest BCUT2D eigenvalue weighted by Gasteiger charge is -2.15. The normalized spacial score (nSPS) is 16.4. The number of pyridine rings is 1. The molecule has 1 aliphatic rings. The molecule has 1 aromatic heterocycles. The van der Waals surface area contributed by atoms with Gasteiger partial charge in [-0.1, -0.05) is 29.8 Å². The van der Waals surface area contributed by atoms with Gasteiger partial charge in [-0.2, -0.15) is 0 Å². The van der Waals surface area contributed by atoms with E-state index in [0.717, 1.165) is 0 Å². The third-order valence-corrected chi connectivity index (χ3v) is 5.45.